The van der Waals surface area contributed by atoms with Crippen LogP contribution in [0, 0.1) is 0 Å². The van der Waals surface area contributed by atoms with Gasteiger partial charge < -0.3 is 9.32 Å². The number of furan rings is 1. The van der Waals surface area contributed by atoms with E-state index < -0.39 is 0 Å². The molecule has 0 fully saturated rings. The van der Waals surface area contributed by atoms with E-state index in [9.17, 15) is 0 Å². The molecule has 11 aromatic rings. The van der Waals surface area contributed by atoms with Gasteiger partial charge in [-0.05, 0) is 109 Å². The van der Waals surface area contributed by atoms with E-state index in [4.69, 9.17) is 4.42 Å². The summed E-state index contributed by atoms with van der Waals surface area (Å²) in [7, 11) is 0. The van der Waals surface area contributed by atoms with Crippen molar-refractivity contribution in [3.8, 4) is 44.5 Å². The molecule has 0 aliphatic carbocycles. The fourth-order valence-corrected chi connectivity index (χ4v) is 8.60. The summed E-state index contributed by atoms with van der Waals surface area (Å²) in [6.45, 7) is 0. The van der Waals surface area contributed by atoms with Crippen molar-refractivity contribution in [3.05, 3.63) is 224 Å². The summed E-state index contributed by atoms with van der Waals surface area (Å²) in [6.07, 6.45) is 0. The van der Waals surface area contributed by atoms with Crippen LogP contribution in [0.3, 0.4) is 0 Å². The zero-order chi connectivity index (χ0) is 38.4. The van der Waals surface area contributed by atoms with E-state index in [2.05, 4.69) is 223 Å². The summed E-state index contributed by atoms with van der Waals surface area (Å²) >= 11 is 0. The Bertz CT molecular complexity index is 3250. The summed E-state index contributed by atoms with van der Waals surface area (Å²) in [5.74, 6) is 0. The van der Waals surface area contributed by atoms with E-state index >= 15 is 0 Å². The zero-order valence-electron chi connectivity index (χ0n) is 31.7. The van der Waals surface area contributed by atoms with Crippen molar-refractivity contribution in [2.45, 2.75) is 0 Å². The van der Waals surface area contributed by atoms with Crippen molar-refractivity contribution in [2.75, 3.05) is 4.90 Å². The number of nitrogens with zero attached hydrogens (tertiary/aromatic N) is 1. The van der Waals surface area contributed by atoms with Gasteiger partial charge in [0.1, 0.15) is 11.2 Å². The van der Waals surface area contributed by atoms with Gasteiger partial charge in [0, 0.05) is 33.4 Å². The van der Waals surface area contributed by atoms with Gasteiger partial charge in [0.05, 0.1) is 0 Å². The molecule has 2 nitrogen and oxygen atoms in total. The fraction of sp³-hybridized carbons (Fsp3) is 0. The zero-order valence-corrected chi connectivity index (χ0v) is 31.7. The van der Waals surface area contributed by atoms with Gasteiger partial charge in [-0.25, -0.2) is 0 Å². The average molecular weight is 740 g/mol. The number of rotatable bonds is 7. The molecule has 272 valence electrons. The number of anilines is 3. The third-order valence-corrected chi connectivity index (χ3v) is 11.5. The van der Waals surface area contributed by atoms with Crippen molar-refractivity contribution >= 4 is 60.5 Å². The highest BCUT2D eigenvalue weighted by Crippen LogP contribution is 2.42. The third kappa shape index (κ3) is 5.91. The standard InChI is InChI=1S/C56H37NO/c1-3-12-39(13-4-1)48-17-9-10-18-49(48)42-26-32-46(33-27-42)57(47-34-28-43-23-22-41-16-7-8-19-50(41)53(43)37-47)45-30-24-38(25-31-45)44-29-35-55-54(36-44)52-21-11-20-51(56(52)58-55)40-14-5-2-6-15-40/h1-37H. The van der Waals surface area contributed by atoms with Gasteiger partial charge in [-0.3, -0.25) is 0 Å². The van der Waals surface area contributed by atoms with Gasteiger partial charge in [0.2, 0.25) is 0 Å². The minimum Gasteiger partial charge on any atom is -0.455 e. The SMILES string of the molecule is c1ccc(-c2ccccc2-c2ccc(N(c3ccc(-c4ccc5oc6c(-c7ccccc7)cccc6c5c4)cc3)c3ccc4ccc5ccccc5c4c3)cc2)cc1. The smallest absolute Gasteiger partial charge is 0.143 e. The van der Waals surface area contributed by atoms with Crippen LogP contribution in [-0.2, 0) is 0 Å². The molecule has 1 aromatic heterocycles. The second-order valence-electron chi connectivity index (χ2n) is 14.9. The molecule has 0 spiro atoms. The van der Waals surface area contributed by atoms with Crippen LogP contribution in [0.5, 0.6) is 0 Å². The van der Waals surface area contributed by atoms with E-state index in [-0.39, 0.29) is 0 Å². The largest absolute Gasteiger partial charge is 0.455 e. The van der Waals surface area contributed by atoms with Crippen LogP contribution in [0.1, 0.15) is 0 Å². The Balaban J connectivity index is 1.00. The first kappa shape index (κ1) is 33.6. The van der Waals surface area contributed by atoms with E-state index in [1.165, 1.54) is 43.8 Å². The van der Waals surface area contributed by atoms with Crippen molar-refractivity contribution in [1.82, 2.24) is 0 Å². The van der Waals surface area contributed by atoms with Crippen LogP contribution < -0.4 is 4.90 Å². The molecule has 0 aliphatic heterocycles. The average Bonchev–Trinajstić information content (AvgIpc) is 3.68. The van der Waals surface area contributed by atoms with Crippen LogP contribution in [0.15, 0.2) is 229 Å². The summed E-state index contributed by atoms with van der Waals surface area (Å²) in [6, 6.07) is 80.6. The Hall–Kier alpha value is -7.68. The number of benzene rings is 10. The molecule has 0 saturated heterocycles. The summed E-state index contributed by atoms with van der Waals surface area (Å²) in [5.41, 5.74) is 14.5. The van der Waals surface area contributed by atoms with Gasteiger partial charge in [-0.2, -0.15) is 0 Å². The first-order valence-electron chi connectivity index (χ1n) is 19.8. The fourth-order valence-electron chi connectivity index (χ4n) is 8.60. The molecule has 11 rings (SSSR count). The molecule has 0 unspecified atom stereocenters. The van der Waals surface area contributed by atoms with Crippen molar-refractivity contribution < 1.29 is 4.42 Å². The number of fused-ring (bicyclic) bond motifs is 6. The maximum atomic E-state index is 6.49. The molecule has 0 amide bonds. The molecule has 0 saturated carbocycles. The highest BCUT2D eigenvalue weighted by atomic mass is 16.3. The Labute approximate surface area is 337 Å². The lowest BCUT2D eigenvalue weighted by Gasteiger charge is -2.26. The lowest BCUT2D eigenvalue weighted by molar-refractivity contribution is 0.670. The first-order chi connectivity index (χ1) is 28.7. The minimum atomic E-state index is 0.892. The molecule has 0 bridgehead atoms. The maximum absolute atomic E-state index is 6.49. The van der Waals surface area contributed by atoms with Crippen molar-refractivity contribution in [3.63, 3.8) is 0 Å². The number of hydrogen-bond acceptors (Lipinski definition) is 2. The highest BCUT2D eigenvalue weighted by molar-refractivity contribution is 6.11. The molecular formula is C56H37NO. The van der Waals surface area contributed by atoms with Crippen LogP contribution in [-0.4, -0.2) is 0 Å². The van der Waals surface area contributed by atoms with Crippen LogP contribution in [0.4, 0.5) is 17.1 Å². The molecule has 0 atom stereocenters. The van der Waals surface area contributed by atoms with E-state index in [0.717, 1.165) is 61.3 Å². The predicted octanol–water partition coefficient (Wildman–Crippen LogP) is 16.0. The van der Waals surface area contributed by atoms with Crippen LogP contribution in [0.25, 0.3) is 88.0 Å². The second kappa shape index (κ2) is 14.1. The molecule has 2 heteroatoms. The van der Waals surface area contributed by atoms with Gasteiger partial charge in [0.15, 0.2) is 0 Å². The summed E-state index contributed by atoms with van der Waals surface area (Å²) in [4.78, 5) is 2.37. The molecule has 0 N–H and O–H groups in total. The van der Waals surface area contributed by atoms with E-state index in [1.54, 1.807) is 0 Å². The third-order valence-electron chi connectivity index (χ3n) is 11.5. The van der Waals surface area contributed by atoms with E-state index in [1.807, 2.05) is 6.07 Å². The monoisotopic (exact) mass is 739 g/mol. The molecular weight excluding hydrogens is 703 g/mol. The summed E-state index contributed by atoms with van der Waals surface area (Å²) in [5, 5.41) is 7.20. The molecule has 1 heterocycles. The minimum absolute atomic E-state index is 0.892. The van der Waals surface area contributed by atoms with Gasteiger partial charge in [-0.1, -0.05) is 176 Å². The Morgan fingerprint density at radius 1 is 0.276 bits per heavy atom. The second-order valence-corrected chi connectivity index (χ2v) is 14.9. The predicted molar refractivity (Wildman–Crippen MR) is 245 cm³/mol. The Morgan fingerprint density at radius 2 is 0.776 bits per heavy atom. The van der Waals surface area contributed by atoms with Gasteiger partial charge in [-0.15, -0.1) is 0 Å². The van der Waals surface area contributed by atoms with E-state index in [0.29, 0.717) is 0 Å². The lowest BCUT2D eigenvalue weighted by atomic mass is 9.94. The molecule has 58 heavy (non-hydrogen) atoms. The Kier molecular flexibility index (Phi) is 8.19. The molecule has 0 aliphatic rings. The lowest BCUT2D eigenvalue weighted by Crippen LogP contribution is -2.10. The van der Waals surface area contributed by atoms with Gasteiger partial charge in [0.25, 0.3) is 0 Å². The quantitative estimate of drug-likeness (QED) is 0.151. The number of para-hydroxylation sites is 1. The van der Waals surface area contributed by atoms with Crippen LogP contribution >= 0.6 is 0 Å². The molecule has 10 aromatic carbocycles. The maximum Gasteiger partial charge on any atom is 0.143 e. The highest BCUT2D eigenvalue weighted by Gasteiger charge is 2.17. The van der Waals surface area contributed by atoms with Gasteiger partial charge >= 0.3 is 0 Å². The molecule has 0 radical (unpaired) electrons. The first-order valence-corrected chi connectivity index (χ1v) is 19.8. The van der Waals surface area contributed by atoms with Crippen molar-refractivity contribution in [2.24, 2.45) is 0 Å². The number of hydrogen-bond donors (Lipinski definition) is 0. The summed E-state index contributed by atoms with van der Waals surface area (Å²) < 4.78 is 6.49. The Morgan fingerprint density at radius 3 is 1.48 bits per heavy atom. The van der Waals surface area contributed by atoms with Crippen LogP contribution in [0.2, 0.25) is 0 Å². The normalized spacial score (nSPS) is 11.4. The topological polar surface area (TPSA) is 16.4 Å². The van der Waals surface area contributed by atoms with Crippen molar-refractivity contribution in [1.29, 1.82) is 0 Å².